The second-order valence-electron chi connectivity index (χ2n) is 9.65. The van der Waals surface area contributed by atoms with Gasteiger partial charge in [0.05, 0.1) is 16.8 Å². The van der Waals surface area contributed by atoms with Crippen molar-refractivity contribution in [3.05, 3.63) is 57.0 Å². The molecule has 1 amide bonds. The summed E-state index contributed by atoms with van der Waals surface area (Å²) in [5, 5.41) is 5.44. The van der Waals surface area contributed by atoms with Crippen LogP contribution in [0.4, 0.5) is 11.4 Å². The fraction of sp³-hybridized carbons (Fsp3) is 0.500. The molecule has 0 radical (unpaired) electrons. The van der Waals surface area contributed by atoms with Crippen molar-refractivity contribution in [1.29, 1.82) is 0 Å². The Kier molecular flexibility index (Phi) is 8.19. The molecule has 1 heterocycles. The summed E-state index contributed by atoms with van der Waals surface area (Å²) in [5.41, 5.74) is 8.59. The van der Waals surface area contributed by atoms with Gasteiger partial charge < -0.3 is 16.0 Å². The average Bonchev–Trinajstić information content (AvgIpc) is 2.80. The third kappa shape index (κ3) is 5.76. The summed E-state index contributed by atoms with van der Waals surface area (Å²) >= 11 is 19.0. The number of carbonyl (C=O) groups is 1. The lowest BCUT2D eigenvalue weighted by Crippen LogP contribution is -2.56. The number of nitrogens with one attached hydrogen (secondary N) is 1. The molecule has 3 N–H and O–H groups in total. The Balaban J connectivity index is 1.44. The quantitative estimate of drug-likeness (QED) is 0.461. The third-order valence-corrected chi connectivity index (χ3v) is 8.20. The van der Waals surface area contributed by atoms with Crippen molar-refractivity contribution in [2.24, 2.45) is 11.7 Å². The van der Waals surface area contributed by atoms with E-state index in [-0.39, 0.29) is 17.9 Å². The van der Waals surface area contributed by atoms with Crippen molar-refractivity contribution in [3.63, 3.8) is 0 Å². The topological polar surface area (TPSA) is 61.6 Å². The molecule has 0 aromatic heterocycles. The molecule has 2 aliphatic rings. The van der Waals surface area contributed by atoms with E-state index in [0.717, 1.165) is 62.3 Å². The van der Waals surface area contributed by atoms with Crippen LogP contribution in [0.15, 0.2) is 36.4 Å². The Morgan fingerprint density at radius 1 is 1.09 bits per heavy atom. The molecule has 0 bridgehead atoms. The lowest BCUT2D eigenvalue weighted by atomic mass is 9.84. The van der Waals surface area contributed by atoms with Crippen molar-refractivity contribution in [3.8, 4) is 0 Å². The molecule has 8 heteroatoms. The number of amides is 1. The normalized spacial score (nSPS) is 24.6. The molecular weight excluding hydrogens is 491 g/mol. The van der Waals surface area contributed by atoms with E-state index in [1.165, 1.54) is 0 Å². The van der Waals surface area contributed by atoms with Gasteiger partial charge in [0.2, 0.25) is 5.91 Å². The van der Waals surface area contributed by atoms with Crippen LogP contribution < -0.4 is 16.0 Å². The minimum atomic E-state index is -0.147. The third-order valence-electron chi connectivity index (χ3n) is 7.31. The zero-order valence-electron chi connectivity index (χ0n) is 19.7. The number of benzene rings is 2. The SMILES string of the molecule is CC(Nc1cc(N2CCN([C@@H]3CCCC(C(N)=O)C3)CC2C)ccc1Cl)c1ccc(Cl)cc1Cl. The second kappa shape index (κ2) is 10.9. The second-order valence-corrected chi connectivity index (χ2v) is 10.9. The van der Waals surface area contributed by atoms with E-state index in [9.17, 15) is 4.79 Å². The summed E-state index contributed by atoms with van der Waals surface area (Å²) in [6.45, 7) is 7.20. The Labute approximate surface area is 217 Å². The number of hydrogen-bond donors (Lipinski definition) is 2. The van der Waals surface area contributed by atoms with Gasteiger partial charge in [0, 0.05) is 53.4 Å². The van der Waals surface area contributed by atoms with E-state index < -0.39 is 0 Å². The molecule has 2 fully saturated rings. The van der Waals surface area contributed by atoms with Crippen LogP contribution in [0.1, 0.15) is 51.1 Å². The Bertz CT molecular complexity index is 1030. The van der Waals surface area contributed by atoms with Crippen LogP contribution >= 0.6 is 34.8 Å². The largest absolute Gasteiger partial charge is 0.377 e. The number of primary amides is 1. The number of rotatable bonds is 6. The summed E-state index contributed by atoms with van der Waals surface area (Å²) in [4.78, 5) is 16.7. The summed E-state index contributed by atoms with van der Waals surface area (Å²) in [7, 11) is 0. The fourth-order valence-corrected chi connectivity index (χ4v) is 6.17. The molecule has 4 rings (SSSR count). The van der Waals surface area contributed by atoms with Crippen molar-refractivity contribution >= 4 is 52.1 Å². The first kappa shape index (κ1) is 25.4. The number of nitrogens with two attached hydrogens (primary N) is 1. The van der Waals surface area contributed by atoms with Gasteiger partial charge in [-0.05, 0) is 69.0 Å². The van der Waals surface area contributed by atoms with Crippen LogP contribution in [0, 0.1) is 5.92 Å². The van der Waals surface area contributed by atoms with E-state index >= 15 is 0 Å². The Morgan fingerprint density at radius 2 is 1.88 bits per heavy atom. The molecule has 3 unspecified atom stereocenters. The monoisotopic (exact) mass is 522 g/mol. The highest BCUT2D eigenvalue weighted by molar-refractivity contribution is 6.35. The van der Waals surface area contributed by atoms with Crippen molar-refractivity contribution in [2.45, 2.75) is 57.7 Å². The van der Waals surface area contributed by atoms with Gasteiger partial charge in [-0.1, -0.05) is 47.3 Å². The fourth-order valence-electron chi connectivity index (χ4n) is 5.42. The van der Waals surface area contributed by atoms with E-state index in [0.29, 0.717) is 27.2 Å². The zero-order chi connectivity index (χ0) is 24.4. The number of hydrogen-bond acceptors (Lipinski definition) is 4. The van der Waals surface area contributed by atoms with Crippen LogP contribution in [-0.4, -0.2) is 42.5 Å². The lowest BCUT2D eigenvalue weighted by Gasteiger charge is -2.46. The predicted octanol–water partition coefficient (Wildman–Crippen LogP) is 6.37. The maximum absolute atomic E-state index is 11.7. The van der Waals surface area contributed by atoms with Crippen molar-refractivity contribution in [2.75, 3.05) is 29.9 Å². The highest BCUT2D eigenvalue weighted by Gasteiger charge is 2.33. The van der Waals surface area contributed by atoms with Crippen molar-refractivity contribution in [1.82, 2.24) is 4.90 Å². The van der Waals surface area contributed by atoms with E-state index in [1.807, 2.05) is 18.2 Å². The number of halogens is 3. The standard InChI is InChI=1S/C26H33Cl3N4O/c1-16-15-32(20-5-3-4-18(12-20)26(30)34)10-11-33(16)21-7-9-23(28)25(14-21)31-17(2)22-8-6-19(27)13-24(22)29/h6-9,13-14,16-18,20,31H,3-5,10-12,15H2,1-2H3,(H2,30,34)/t16?,17?,18?,20-/m1/s1. The Hall–Kier alpha value is -1.66. The molecule has 2 aromatic carbocycles. The van der Waals surface area contributed by atoms with Gasteiger partial charge >= 0.3 is 0 Å². The minimum absolute atomic E-state index is 0.0214. The first-order valence-corrected chi connectivity index (χ1v) is 13.2. The molecule has 5 nitrogen and oxygen atoms in total. The molecular formula is C26H33Cl3N4O. The van der Waals surface area contributed by atoms with Gasteiger partial charge in [-0.2, -0.15) is 0 Å². The predicted molar refractivity (Wildman–Crippen MR) is 143 cm³/mol. The highest BCUT2D eigenvalue weighted by atomic mass is 35.5. The van der Waals surface area contributed by atoms with Gasteiger partial charge in [-0.3, -0.25) is 9.69 Å². The lowest BCUT2D eigenvalue weighted by molar-refractivity contribution is -0.123. The van der Waals surface area contributed by atoms with Crippen LogP contribution in [-0.2, 0) is 4.79 Å². The molecule has 1 aliphatic carbocycles. The van der Waals surface area contributed by atoms with E-state index in [4.69, 9.17) is 40.5 Å². The molecule has 1 saturated heterocycles. The van der Waals surface area contributed by atoms with Gasteiger partial charge in [0.15, 0.2) is 0 Å². The number of piperazine rings is 1. The minimum Gasteiger partial charge on any atom is -0.377 e. The first-order valence-electron chi connectivity index (χ1n) is 12.0. The smallest absolute Gasteiger partial charge is 0.220 e. The number of anilines is 2. The van der Waals surface area contributed by atoms with E-state index in [2.05, 4.69) is 41.1 Å². The summed E-state index contributed by atoms with van der Waals surface area (Å²) in [6.07, 6.45) is 4.05. The molecule has 0 spiro atoms. The van der Waals surface area contributed by atoms with Gasteiger partial charge in [0.1, 0.15) is 0 Å². The molecule has 1 saturated carbocycles. The van der Waals surface area contributed by atoms with Gasteiger partial charge in [-0.25, -0.2) is 0 Å². The number of carbonyl (C=O) groups excluding carboxylic acids is 1. The summed E-state index contributed by atoms with van der Waals surface area (Å²) < 4.78 is 0. The maximum Gasteiger partial charge on any atom is 0.220 e. The maximum atomic E-state index is 11.7. The van der Waals surface area contributed by atoms with Crippen molar-refractivity contribution < 1.29 is 4.79 Å². The zero-order valence-corrected chi connectivity index (χ0v) is 22.0. The van der Waals surface area contributed by atoms with Crippen LogP contribution in [0.5, 0.6) is 0 Å². The number of nitrogens with zero attached hydrogens (tertiary/aromatic N) is 2. The summed E-state index contributed by atoms with van der Waals surface area (Å²) in [5.74, 6) is -0.125. The molecule has 34 heavy (non-hydrogen) atoms. The van der Waals surface area contributed by atoms with E-state index in [1.54, 1.807) is 6.07 Å². The van der Waals surface area contributed by atoms with Crippen LogP contribution in [0.3, 0.4) is 0 Å². The molecule has 1 aliphatic heterocycles. The van der Waals surface area contributed by atoms with Gasteiger partial charge in [0.25, 0.3) is 0 Å². The Morgan fingerprint density at radius 3 is 2.59 bits per heavy atom. The molecule has 184 valence electrons. The first-order chi connectivity index (χ1) is 16.2. The van der Waals surface area contributed by atoms with Crippen LogP contribution in [0.2, 0.25) is 15.1 Å². The van der Waals surface area contributed by atoms with Gasteiger partial charge in [-0.15, -0.1) is 0 Å². The summed E-state index contributed by atoms with van der Waals surface area (Å²) in [6, 6.07) is 12.5. The molecule has 4 atom stereocenters. The molecule has 2 aromatic rings. The average molecular weight is 524 g/mol. The highest BCUT2D eigenvalue weighted by Crippen LogP contribution is 2.35. The van der Waals surface area contributed by atoms with Crippen LogP contribution in [0.25, 0.3) is 0 Å².